The molecule has 0 aliphatic heterocycles. The van der Waals surface area contributed by atoms with E-state index in [0.29, 0.717) is 16.9 Å². The molecule has 0 aromatic carbocycles. The van der Waals surface area contributed by atoms with E-state index in [1.807, 2.05) is 6.92 Å². The Labute approximate surface area is 103 Å². The molecule has 0 amide bonds. The van der Waals surface area contributed by atoms with Crippen LogP contribution in [-0.2, 0) is 14.1 Å². The van der Waals surface area contributed by atoms with Crippen molar-refractivity contribution in [3.05, 3.63) is 26.9 Å². The van der Waals surface area contributed by atoms with E-state index in [-0.39, 0.29) is 5.56 Å². The summed E-state index contributed by atoms with van der Waals surface area (Å²) in [4.78, 5) is 23.7. The van der Waals surface area contributed by atoms with Gasteiger partial charge in [0.05, 0.1) is 5.39 Å². The Morgan fingerprint density at radius 2 is 1.94 bits per heavy atom. The van der Waals surface area contributed by atoms with Crippen LogP contribution in [0.5, 0.6) is 0 Å². The number of nitrogens with zero attached hydrogens (tertiary/aromatic N) is 4. The van der Waals surface area contributed by atoms with Crippen LogP contribution in [0.2, 0.25) is 0 Å². The highest BCUT2D eigenvalue weighted by atomic mass is 16.2. The lowest BCUT2D eigenvalue weighted by Crippen LogP contribution is -2.37. The fourth-order valence-corrected chi connectivity index (χ4v) is 1.71. The first kappa shape index (κ1) is 12.3. The number of hydrogen-bond donors (Lipinski definition) is 1. The number of fused-ring (bicyclic) bond motifs is 1. The van der Waals surface area contributed by atoms with Crippen molar-refractivity contribution < 1.29 is 0 Å². The highest BCUT2D eigenvalue weighted by molar-refractivity contribution is 5.75. The number of rotatable bonds is 3. The fraction of sp³-hybridized carbons (Fsp3) is 0.455. The Bertz CT molecular complexity index is 701. The van der Waals surface area contributed by atoms with Gasteiger partial charge in [0, 0.05) is 20.6 Å². The van der Waals surface area contributed by atoms with Crippen LogP contribution in [0.4, 0.5) is 5.82 Å². The zero-order valence-corrected chi connectivity index (χ0v) is 10.6. The van der Waals surface area contributed by atoms with Gasteiger partial charge in [-0.25, -0.2) is 4.79 Å². The van der Waals surface area contributed by atoms with Crippen molar-refractivity contribution in [2.24, 2.45) is 14.1 Å². The third-order valence-corrected chi connectivity index (χ3v) is 2.76. The predicted molar refractivity (Wildman–Crippen MR) is 68.8 cm³/mol. The Kier molecular flexibility index (Phi) is 3.14. The summed E-state index contributed by atoms with van der Waals surface area (Å²) in [5, 5.41) is 11.3. The summed E-state index contributed by atoms with van der Waals surface area (Å²) in [6.07, 6.45) is 0.949. The van der Waals surface area contributed by atoms with Crippen molar-refractivity contribution in [2.45, 2.75) is 13.3 Å². The van der Waals surface area contributed by atoms with E-state index in [4.69, 9.17) is 0 Å². The van der Waals surface area contributed by atoms with Gasteiger partial charge in [-0.2, -0.15) is 0 Å². The van der Waals surface area contributed by atoms with Crippen molar-refractivity contribution >= 4 is 16.9 Å². The highest BCUT2D eigenvalue weighted by Gasteiger charge is 2.10. The Hall–Kier alpha value is -2.18. The summed E-state index contributed by atoms with van der Waals surface area (Å²) >= 11 is 0. The molecule has 2 aromatic heterocycles. The average molecular weight is 249 g/mol. The molecule has 0 fully saturated rings. The molecule has 2 aromatic rings. The molecule has 96 valence electrons. The van der Waals surface area contributed by atoms with Crippen LogP contribution < -0.4 is 16.6 Å². The first-order chi connectivity index (χ1) is 8.56. The summed E-state index contributed by atoms with van der Waals surface area (Å²) in [5.41, 5.74) is -0.469. The predicted octanol–water partition coefficient (Wildman–Crippen LogP) is -0.151. The standard InChI is InChI=1S/C11H15N5O2/c1-4-5-12-8-6-7-9(14-13-8)15(2)11(18)16(3)10(7)17/h6H,4-5H2,1-3H3,(H,12,13). The maximum atomic E-state index is 12.0. The molecular weight excluding hydrogens is 234 g/mol. The van der Waals surface area contributed by atoms with E-state index in [1.165, 1.54) is 11.6 Å². The van der Waals surface area contributed by atoms with Crippen molar-refractivity contribution in [1.82, 2.24) is 19.3 Å². The lowest BCUT2D eigenvalue weighted by molar-refractivity contribution is 0.703. The summed E-state index contributed by atoms with van der Waals surface area (Å²) in [5.74, 6) is 0.542. The van der Waals surface area contributed by atoms with E-state index >= 15 is 0 Å². The van der Waals surface area contributed by atoms with Crippen LogP contribution in [0.3, 0.4) is 0 Å². The minimum atomic E-state index is -0.406. The smallest absolute Gasteiger partial charge is 0.332 e. The molecule has 0 atom stereocenters. The maximum Gasteiger partial charge on any atom is 0.332 e. The lowest BCUT2D eigenvalue weighted by atomic mass is 10.3. The number of hydrogen-bond acceptors (Lipinski definition) is 5. The second kappa shape index (κ2) is 4.59. The zero-order chi connectivity index (χ0) is 13.3. The summed E-state index contributed by atoms with van der Waals surface area (Å²) in [6.45, 7) is 2.79. The SMILES string of the molecule is CCCNc1cc2c(=O)n(C)c(=O)n(C)c2nn1. The molecule has 0 unspecified atom stereocenters. The molecule has 18 heavy (non-hydrogen) atoms. The van der Waals surface area contributed by atoms with E-state index in [2.05, 4.69) is 15.5 Å². The number of nitrogens with one attached hydrogen (secondary N) is 1. The summed E-state index contributed by atoms with van der Waals surface area (Å²) in [7, 11) is 3.02. The van der Waals surface area contributed by atoms with Crippen LogP contribution in [0.1, 0.15) is 13.3 Å². The second-order valence-electron chi connectivity index (χ2n) is 4.10. The Balaban J connectivity index is 2.70. The average Bonchev–Trinajstić information content (AvgIpc) is 2.40. The summed E-state index contributed by atoms with van der Waals surface area (Å²) < 4.78 is 2.38. The van der Waals surface area contributed by atoms with Crippen LogP contribution >= 0.6 is 0 Å². The quantitative estimate of drug-likeness (QED) is 0.818. The molecule has 2 rings (SSSR count). The zero-order valence-electron chi connectivity index (χ0n) is 10.6. The first-order valence-electron chi connectivity index (χ1n) is 5.73. The molecule has 0 aliphatic rings. The minimum Gasteiger partial charge on any atom is -0.369 e. The van der Waals surface area contributed by atoms with Gasteiger partial charge in [0.25, 0.3) is 5.56 Å². The molecule has 2 heterocycles. The molecule has 0 saturated carbocycles. The largest absolute Gasteiger partial charge is 0.369 e. The molecule has 0 bridgehead atoms. The minimum absolute atomic E-state index is 0.296. The van der Waals surface area contributed by atoms with Gasteiger partial charge in [-0.1, -0.05) is 6.92 Å². The van der Waals surface area contributed by atoms with Gasteiger partial charge in [-0.15, -0.1) is 10.2 Å². The number of aryl methyl sites for hydroxylation is 1. The second-order valence-corrected chi connectivity index (χ2v) is 4.10. The van der Waals surface area contributed by atoms with Crippen LogP contribution in [0.25, 0.3) is 11.0 Å². The maximum absolute atomic E-state index is 12.0. The van der Waals surface area contributed by atoms with E-state index in [1.54, 1.807) is 13.1 Å². The van der Waals surface area contributed by atoms with Crippen molar-refractivity contribution in [1.29, 1.82) is 0 Å². The lowest BCUT2D eigenvalue weighted by Gasteiger charge is -2.07. The Morgan fingerprint density at radius 1 is 1.22 bits per heavy atom. The first-order valence-corrected chi connectivity index (χ1v) is 5.73. The topological polar surface area (TPSA) is 81.8 Å². The van der Waals surface area contributed by atoms with Crippen molar-refractivity contribution in [3.8, 4) is 0 Å². The van der Waals surface area contributed by atoms with E-state index < -0.39 is 5.69 Å². The van der Waals surface area contributed by atoms with Gasteiger partial charge >= 0.3 is 5.69 Å². The van der Waals surface area contributed by atoms with Gasteiger partial charge in [-0.3, -0.25) is 13.9 Å². The Morgan fingerprint density at radius 3 is 2.61 bits per heavy atom. The third kappa shape index (κ3) is 1.87. The third-order valence-electron chi connectivity index (χ3n) is 2.76. The molecule has 7 heteroatoms. The van der Waals surface area contributed by atoms with Gasteiger partial charge < -0.3 is 5.32 Å². The normalized spacial score (nSPS) is 10.8. The van der Waals surface area contributed by atoms with Gasteiger partial charge in [-0.05, 0) is 12.5 Å². The summed E-state index contributed by atoms with van der Waals surface area (Å²) in [6, 6.07) is 1.62. The van der Waals surface area contributed by atoms with Gasteiger partial charge in [0.1, 0.15) is 5.82 Å². The molecule has 0 aliphatic carbocycles. The van der Waals surface area contributed by atoms with Crippen molar-refractivity contribution in [3.63, 3.8) is 0 Å². The highest BCUT2D eigenvalue weighted by Crippen LogP contribution is 2.08. The monoisotopic (exact) mass is 249 g/mol. The van der Waals surface area contributed by atoms with E-state index in [0.717, 1.165) is 17.5 Å². The molecule has 0 spiro atoms. The van der Waals surface area contributed by atoms with E-state index in [9.17, 15) is 9.59 Å². The number of aromatic nitrogens is 4. The van der Waals surface area contributed by atoms with Crippen LogP contribution in [0, 0.1) is 0 Å². The van der Waals surface area contributed by atoms with Crippen LogP contribution in [-0.4, -0.2) is 25.9 Å². The molecule has 1 N–H and O–H groups in total. The molecule has 7 nitrogen and oxygen atoms in total. The van der Waals surface area contributed by atoms with Crippen LogP contribution in [0.15, 0.2) is 15.7 Å². The fourth-order valence-electron chi connectivity index (χ4n) is 1.71. The van der Waals surface area contributed by atoms with Crippen molar-refractivity contribution in [2.75, 3.05) is 11.9 Å². The van der Waals surface area contributed by atoms with Gasteiger partial charge in [0.2, 0.25) is 0 Å². The molecule has 0 radical (unpaired) electrons. The molecule has 0 saturated heterocycles. The molecular formula is C11H15N5O2. The van der Waals surface area contributed by atoms with Gasteiger partial charge in [0.15, 0.2) is 5.65 Å². The number of anilines is 1.